The number of hydrogen-bond donors (Lipinski definition) is 3. The summed E-state index contributed by atoms with van der Waals surface area (Å²) in [5, 5.41) is 15.6. The fourth-order valence-corrected chi connectivity index (χ4v) is 2.03. The molecule has 0 amide bonds. The standard InChI is InChI=1S/C9H10ClFN2O5/c10-9(11)6(16)4(3-14)18-7(9)13-2-1-5(15)12-8(13)17/h1-2,4,6-7,14,16H,3H2,(H,12,15,17)/t4-,6-,7?,9-/m1/s1. The lowest BCUT2D eigenvalue weighted by Gasteiger charge is -2.22. The maximum atomic E-state index is 14.1. The van der Waals surface area contributed by atoms with Crippen molar-refractivity contribution in [1.82, 2.24) is 9.55 Å². The van der Waals surface area contributed by atoms with Gasteiger partial charge >= 0.3 is 5.69 Å². The largest absolute Gasteiger partial charge is 0.394 e. The van der Waals surface area contributed by atoms with Gasteiger partial charge in [-0.25, -0.2) is 9.18 Å². The number of aromatic nitrogens is 2. The topological polar surface area (TPSA) is 105 Å². The highest BCUT2D eigenvalue weighted by Crippen LogP contribution is 2.43. The number of nitrogens with zero attached hydrogens (tertiary/aromatic N) is 1. The summed E-state index contributed by atoms with van der Waals surface area (Å²) >= 11 is 5.50. The molecule has 2 rings (SSSR count). The molecule has 0 radical (unpaired) electrons. The Labute approximate surface area is 104 Å². The van der Waals surface area contributed by atoms with Gasteiger partial charge in [0.2, 0.25) is 0 Å². The maximum absolute atomic E-state index is 14.1. The number of hydrogen-bond acceptors (Lipinski definition) is 5. The number of aliphatic hydroxyl groups excluding tert-OH is 2. The van der Waals surface area contributed by atoms with E-state index < -0.39 is 41.4 Å². The van der Waals surface area contributed by atoms with Crippen molar-refractivity contribution in [3.05, 3.63) is 33.1 Å². The summed E-state index contributed by atoms with van der Waals surface area (Å²) < 4.78 is 19.8. The predicted octanol–water partition coefficient (Wildman–Crippen LogP) is -1.31. The van der Waals surface area contributed by atoms with Crippen molar-refractivity contribution in [2.24, 2.45) is 0 Å². The third-order valence-electron chi connectivity index (χ3n) is 2.66. The maximum Gasteiger partial charge on any atom is 0.330 e. The molecule has 3 N–H and O–H groups in total. The number of nitrogens with one attached hydrogen (secondary N) is 1. The normalized spacial score (nSPS) is 35.9. The zero-order valence-corrected chi connectivity index (χ0v) is 9.67. The SMILES string of the molecule is O=c1ccn(C2O[C@H](CO)[C@@H](O)[C@]2(F)Cl)c(=O)[nH]1. The molecule has 1 aromatic rings. The van der Waals surface area contributed by atoms with E-state index >= 15 is 0 Å². The van der Waals surface area contributed by atoms with Crippen LogP contribution in [0.4, 0.5) is 4.39 Å². The van der Waals surface area contributed by atoms with Crippen LogP contribution in [-0.4, -0.2) is 43.7 Å². The lowest BCUT2D eigenvalue weighted by Crippen LogP contribution is -2.41. The van der Waals surface area contributed by atoms with Crippen molar-refractivity contribution in [3.63, 3.8) is 0 Å². The molecule has 0 aromatic carbocycles. The van der Waals surface area contributed by atoms with Crippen molar-refractivity contribution in [2.45, 2.75) is 23.6 Å². The van der Waals surface area contributed by atoms with E-state index in [1.54, 1.807) is 0 Å². The number of aliphatic hydroxyl groups is 2. The Bertz CT molecular complexity index is 556. The van der Waals surface area contributed by atoms with E-state index in [0.29, 0.717) is 4.57 Å². The van der Waals surface area contributed by atoms with Gasteiger partial charge in [-0.2, -0.15) is 0 Å². The molecule has 100 valence electrons. The highest BCUT2D eigenvalue weighted by atomic mass is 35.5. The van der Waals surface area contributed by atoms with E-state index in [2.05, 4.69) is 0 Å². The van der Waals surface area contributed by atoms with Gasteiger partial charge in [0, 0.05) is 12.3 Å². The van der Waals surface area contributed by atoms with Crippen LogP contribution in [-0.2, 0) is 4.74 Å². The van der Waals surface area contributed by atoms with E-state index in [0.717, 1.165) is 12.3 Å². The fourth-order valence-electron chi connectivity index (χ4n) is 1.73. The molecule has 2 heterocycles. The Balaban J connectivity index is 2.45. The van der Waals surface area contributed by atoms with Crippen LogP contribution >= 0.6 is 11.6 Å². The van der Waals surface area contributed by atoms with Gasteiger partial charge in [-0.05, 0) is 0 Å². The summed E-state index contributed by atoms with van der Waals surface area (Å²) in [7, 11) is 0. The molecule has 1 unspecified atom stereocenters. The molecule has 18 heavy (non-hydrogen) atoms. The summed E-state index contributed by atoms with van der Waals surface area (Å²) in [5.41, 5.74) is -1.59. The van der Waals surface area contributed by atoms with Gasteiger partial charge in [0.1, 0.15) is 12.2 Å². The average Bonchev–Trinajstić information content (AvgIpc) is 2.52. The van der Waals surface area contributed by atoms with Crippen molar-refractivity contribution in [2.75, 3.05) is 6.61 Å². The van der Waals surface area contributed by atoms with Gasteiger partial charge in [0.25, 0.3) is 10.7 Å². The summed E-state index contributed by atoms with van der Waals surface area (Å²) in [4.78, 5) is 24.3. The van der Waals surface area contributed by atoms with Crippen LogP contribution in [0.2, 0.25) is 0 Å². The van der Waals surface area contributed by atoms with Crippen molar-refractivity contribution in [3.8, 4) is 0 Å². The zero-order chi connectivity index (χ0) is 13.5. The summed E-state index contributed by atoms with van der Waals surface area (Å²) in [6.07, 6.45) is -3.70. The molecule has 7 nitrogen and oxygen atoms in total. The second kappa shape index (κ2) is 4.47. The first kappa shape index (κ1) is 13.2. The monoisotopic (exact) mass is 280 g/mol. The Morgan fingerprint density at radius 3 is 2.78 bits per heavy atom. The Hall–Kier alpha value is -1.22. The van der Waals surface area contributed by atoms with Crippen LogP contribution in [0.5, 0.6) is 0 Å². The Kier molecular flexibility index (Phi) is 3.28. The van der Waals surface area contributed by atoms with Crippen LogP contribution in [0, 0.1) is 0 Å². The van der Waals surface area contributed by atoms with Crippen molar-refractivity contribution < 1.29 is 19.3 Å². The zero-order valence-electron chi connectivity index (χ0n) is 8.92. The summed E-state index contributed by atoms with van der Waals surface area (Å²) in [5.74, 6) is 0. The first-order chi connectivity index (χ1) is 8.37. The van der Waals surface area contributed by atoms with Gasteiger partial charge in [-0.15, -0.1) is 0 Å². The quantitative estimate of drug-likeness (QED) is 0.584. The third kappa shape index (κ3) is 1.97. The highest BCUT2D eigenvalue weighted by molar-refractivity contribution is 6.23. The van der Waals surface area contributed by atoms with Gasteiger partial charge in [0.05, 0.1) is 6.61 Å². The van der Waals surface area contributed by atoms with Crippen molar-refractivity contribution in [1.29, 1.82) is 0 Å². The highest BCUT2D eigenvalue weighted by Gasteiger charge is 2.57. The summed E-state index contributed by atoms with van der Waals surface area (Å²) in [6.45, 7) is -0.659. The molecule has 9 heteroatoms. The molecular weight excluding hydrogens is 271 g/mol. The molecule has 1 saturated heterocycles. The van der Waals surface area contributed by atoms with E-state index in [4.69, 9.17) is 21.4 Å². The molecule has 0 aliphatic carbocycles. The molecular formula is C9H10ClFN2O5. The minimum absolute atomic E-state index is 0.659. The van der Waals surface area contributed by atoms with Gasteiger partial charge in [-0.3, -0.25) is 14.3 Å². The molecule has 1 aromatic heterocycles. The first-order valence-electron chi connectivity index (χ1n) is 5.01. The second-order valence-electron chi connectivity index (χ2n) is 3.85. The molecule has 0 spiro atoms. The van der Waals surface area contributed by atoms with Crippen LogP contribution in [0.25, 0.3) is 0 Å². The molecule has 0 saturated carbocycles. The van der Waals surface area contributed by atoms with Gasteiger partial charge in [0.15, 0.2) is 6.23 Å². The van der Waals surface area contributed by atoms with Crippen LogP contribution in [0.3, 0.4) is 0 Å². The lowest BCUT2D eigenvalue weighted by atomic mass is 10.1. The fraction of sp³-hybridized carbons (Fsp3) is 0.556. The number of halogens is 2. The van der Waals surface area contributed by atoms with E-state index in [-0.39, 0.29) is 0 Å². The number of alkyl halides is 2. The average molecular weight is 281 g/mol. The molecule has 1 fully saturated rings. The molecule has 0 bridgehead atoms. The molecule has 4 atom stereocenters. The number of ether oxygens (including phenoxy) is 1. The molecule has 1 aliphatic rings. The van der Waals surface area contributed by atoms with Gasteiger partial charge < -0.3 is 14.9 Å². The predicted molar refractivity (Wildman–Crippen MR) is 58.0 cm³/mol. The Morgan fingerprint density at radius 2 is 2.28 bits per heavy atom. The Morgan fingerprint density at radius 1 is 1.61 bits per heavy atom. The second-order valence-corrected chi connectivity index (χ2v) is 4.43. The number of aromatic amines is 1. The first-order valence-corrected chi connectivity index (χ1v) is 5.39. The molecule has 1 aliphatic heterocycles. The third-order valence-corrected chi connectivity index (χ3v) is 3.07. The van der Waals surface area contributed by atoms with Gasteiger partial charge in [-0.1, -0.05) is 11.6 Å². The minimum atomic E-state index is -2.78. The van der Waals surface area contributed by atoms with E-state index in [1.165, 1.54) is 0 Å². The van der Waals surface area contributed by atoms with E-state index in [9.17, 15) is 19.1 Å². The van der Waals surface area contributed by atoms with Crippen LogP contribution < -0.4 is 11.2 Å². The smallest absolute Gasteiger partial charge is 0.330 e. The number of rotatable bonds is 2. The minimum Gasteiger partial charge on any atom is -0.394 e. The summed E-state index contributed by atoms with van der Waals surface area (Å²) in [6, 6.07) is 0.983. The van der Waals surface area contributed by atoms with E-state index in [1.807, 2.05) is 4.98 Å². The lowest BCUT2D eigenvalue weighted by molar-refractivity contribution is -0.0518. The van der Waals surface area contributed by atoms with Crippen LogP contribution in [0.1, 0.15) is 6.23 Å². The number of H-pyrrole nitrogens is 1. The van der Waals surface area contributed by atoms with Crippen molar-refractivity contribution >= 4 is 11.6 Å². The van der Waals surface area contributed by atoms with Crippen LogP contribution in [0.15, 0.2) is 21.9 Å².